The molecule has 0 aromatic carbocycles. The lowest BCUT2D eigenvalue weighted by Crippen LogP contribution is -2.22. The van der Waals surface area contributed by atoms with Crippen molar-refractivity contribution >= 4 is 11.8 Å². The van der Waals surface area contributed by atoms with Crippen LogP contribution in [-0.4, -0.2) is 37.1 Å². The molecule has 122 valence electrons. The van der Waals surface area contributed by atoms with Gasteiger partial charge < -0.3 is 9.47 Å². The van der Waals surface area contributed by atoms with Crippen LogP contribution < -0.4 is 0 Å². The van der Waals surface area contributed by atoms with Gasteiger partial charge in [-0.15, -0.1) is 0 Å². The highest BCUT2D eigenvalue weighted by Crippen LogP contribution is 2.32. The van der Waals surface area contributed by atoms with Crippen LogP contribution in [0.1, 0.15) is 64.2 Å². The first kappa shape index (κ1) is 14.5. The molecule has 0 N–H and O–H groups in total. The van der Waals surface area contributed by atoms with Crippen molar-refractivity contribution in [3.8, 4) is 0 Å². The van der Waals surface area contributed by atoms with Gasteiger partial charge in [0.1, 0.15) is 13.2 Å². The van der Waals surface area contributed by atoms with Gasteiger partial charge in [0.15, 0.2) is 0 Å². The van der Waals surface area contributed by atoms with Crippen LogP contribution in [-0.2, 0) is 9.47 Å². The van der Waals surface area contributed by atoms with E-state index >= 15 is 0 Å². The Balaban J connectivity index is 1.39. The predicted octanol–water partition coefficient (Wildman–Crippen LogP) is 3.74. The van der Waals surface area contributed by atoms with Gasteiger partial charge in [-0.05, 0) is 37.5 Å². The molecule has 4 aliphatic rings. The fraction of sp³-hybridized carbons (Fsp3) is 0.889. The Kier molecular flexibility index (Phi) is 4.35. The average molecular weight is 304 g/mol. The fourth-order valence-electron chi connectivity index (χ4n) is 4.53. The van der Waals surface area contributed by atoms with Crippen molar-refractivity contribution in [1.82, 2.24) is 0 Å². The molecule has 2 unspecified atom stereocenters. The van der Waals surface area contributed by atoms with Gasteiger partial charge >= 0.3 is 0 Å². The first-order valence-corrected chi connectivity index (χ1v) is 9.32. The second-order valence-electron chi connectivity index (χ2n) is 7.42. The maximum atomic E-state index is 5.83. The number of hydrogen-bond donors (Lipinski definition) is 0. The summed E-state index contributed by atoms with van der Waals surface area (Å²) in [6, 6.07) is 0.686. The van der Waals surface area contributed by atoms with E-state index in [0.29, 0.717) is 35.7 Å². The smallest absolute Gasteiger partial charge is 0.273 e. The van der Waals surface area contributed by atoms with Gasteiger partial charge in [0.2, 0.25) is 0 Å². The molecular formula is C18H28N2O2. The molecule has 4 heteroatoms. The topological polar surface area (TPSA) is 43.2 Å². The van der Waals surface area contributed by atoms with Crippen LogP contribution in [0.15, 0.2) is 9.98 Å². The van der Waals surface area contributed by atoms with Crippen LogP contribution in [0.25, 0.3) is 0 Å². The molecule has 4 rings (SSSR count). The number of rotatable bonds is 3. The van der Waals surface area contributed by atoms with E-state index in [4.69, 9.17) is 19.5 Å². The largest absolute Gasteiger partial charge is 0.472 e. The summed E-state index contributed by atoms with van der Waals surface area (Å²) in [4.78, 5) is 9.62. The SMILES string of the molecule is C1CCC(C2COC(C3=NC(C4CCCCC4)CO3)=N2)CC1. The maximum absolute atomic E-state index is 5.83. The summed E-state index contributed by atoms with van der Waals surface area (Å²) < 4.78 is 11.7. The van der Waals surface area contributed by atoms with Gasteiger partial charge in [0.25, 0.3) is 11.8 Å². The van der Waals surface area contributed by atoms with Crippen LogP contribution >= 0.6 is 0 Å². The fourth-order valence-corrected chi connectivity index (χ4v) is 4.53. The Morgan fingerprint density at radius 1 is 0.591 bits per heavy atom. The van der Waals surface area contributed by atoms with Crippen LogP contribution in [0, 0.1) is 11.8 Å². The summed E-state index contributed by atoms with van der Waals surface area (Å²) in [6.45, 7) is 1.47. The molecule has 0 spiro atoms. The van der Waals surface area contributed by atoms with E-state index in [2.05, 4.69) is 0 Å². The minimum Gasteiger partial charge on any atom is -0.472 e. The average Bonchev–Trinajstić information content (AvgIpc) is 3.26. The number of ether oxygens (including phenoxy) is 2. The Hall–Kier alpha value is -1.06. The summed E-state index contributed by atoms with van der Waals surface area (Å²) >= 11 is 0. The summed E-state index contributed by atoms with van der Waals surface area (Å²) in [5.41, 5.74) is 0. The molecule has 2 heterocycles. The molecule has 0 bridgehead atoms. The van der Waals surface area contributed by atoms with Crippen molar-refractivity contribution < 1.29 is 9.47 Å². The first-order valence-electron chi connectivity index (χ1n) is 9.32. The first-order chi connectivity index (χ1) is 10.9. The molecule has 2 atom stereocenters. The Labute approximate surface area is 133 Å². The van der Waals surface area contributed by atoms with Crippen molar-refractivity contribution in [1.29, 1.82) is 0 Å². The highest BCUT2D eigenvalue weighted by Gasteiger charge is 2.35. The van der Waals surface area contributed by atoms with Crippen LogP contribution in [0.3, 0.4) is 0 Å². The maximum Gasteiger partial charge on any atom is 0.273 e. The predicted molar refractivity (Wildman–Crippen MR) is 87.5 cm³/mol. The lowest BCUT2D eigenvalue weighted by atomic mass is 9.84. The van der Waals surface area contributed by atoms with Crippen molar-refractivity contribution in [2.45, 2.75) is 76.3 Å². The molecule has 0 aromatic heterocycles. The van der Waals surface area contributed by atoms with Crippen molar-refractivity contribution in [2.24, 2.45) is 21.8 Å². The van der Waals surface area contributed by atoms with Crippen molar-refractivity contribution in [2.75, 3.05) is 13.2 Å². The van der Waals surface area contributed by atoms with Crippen LogP contribution in [0.4, 0.5) is 0 Å². The number of hydrogen-bond acceptors (Lipinski definition) is 4. The zero-order chi connectivity index (χ0) is 14.8. The lowest BCUT2D eigenvalue weighted by Gasteiger charge is -2.24. The second-order valence-corrected chi connectivity index (χ2v) is 7.42. The Morgan fingerprint density at radius 2 is 1.00 bits per heavy atom. The summed E-state index contributed by atoms with van der Waals surface area (Å²) in [5.74, 6) is 2.80. The minimum absolute atomic E-state index is 0.343. The third-order valence-corrected chi connectivity index (χ3v) is 5.92. The van der Waals surface area contributed by atoms with Crippen LogP contribution in [0.2, 0.25) is 0 Å². The van der Waals surface area contributed by atoms with Gasteiger partial charge in [-0.1, -0.05) is 38.5 Å². The Bertz CT molecular complexity index is 406. The molecule has 0 amide bonds. The van der Waals surface area contributed by atoms with Gasteiger partial charge in [0.05, 0.1) is 12.1 Å². The van der Waals surface area contributed by atoms with Crippen molar-refractivity contribution in [3.05, 3.63) is 0 Å². The van der Waals surface area contributed by atoms with Gasteiger partial charge in [-0.3, -0.25) is 0 Å². The Morgan fingerprint density at radius 3 is 1.41 bits per heavy atom. The van der Waals surface area contributed by atoms with Gasteiger partial charge in [0, 0.05) is 0 Å². The van der Waals surface area contributed by atoms with E-state index in [1.54, 1.807) is 0 Å². The molecule has 2 fully saturated rings. The van der Waals surface area contributed by atoms with Gasteiger partial charge in [-0.2, -0.15) is 0 Å². The highest BCUT2D eigenvalue weighted by molar-refractivity contribution is 6.36. The second kappa shape index (κ2) is 6.59. The third kappa shape index (κ3) is 3.02. The number of aliphatic imine (C=N–C) groups is 2. The molecule has 0 saturated heterocycles. The van der Waals surface area contributed by atoms with E-state index in [1.807, 2.05) is 0 Å². The zero-order valence-corrected chi connectivity index (χ0v) is 13.5. The standard InChI is InChI=1S/C18H28N2O2/c1-3-7-13(8-4-1)15-11-21-17(19-15)18-20-16(12-22-18)14-9-5-2-6-10-14/h13-16H,1-12H2. The van der Waals surface area contributed by atoms with E-state index in [0.717, 1.165) is 13.2 Å². The highest BCUT2D eigenvalue weighted by atomic mass is 16.5. The molecule has 0 radical (unpaired) electrons. The monoisotopic (exact) mass is 304 g/mol. The quantitative estimate of drug-likeness (QED) is 0.797. The molecular weight excluding hydrogens is 276 g/mol. The van der Waals surface area contributed by atoms with Gasteiger partial charge in [-0.25, -0.2) is 9.98 Å². The van der Waals surface area contributed by atoms with Crippen molar-refractivity contribution in [3.63, 3.8) is 0 Å². The van der Waals surface area contributed by atoms with E-state index in [1.165, 1.54) is 64.2 Å². The number of nitrogens with zero attached hydrogens (tertiary/aromatic N) is 2. The van der Waals surface area contributed by atoms with E-state index in [9.17, 15) is 0 Å². The summed E-state index contributed by atoms with van der Waals surface area (Å²) in [5, 5.41) is 0. The van der Waals surface area contributed by atoms with E-state index in [-0.39, 0.29) is 0 Å². The minimum atomic E-state index is 0.343. The van der Waals surface area contributed by atoms with E-state index < -0.39 is 0 Å². The van der Waals surface area contributed by atoms with Crippen LogP contribution in [0.5, 0.6) is 0 Å². The zero-order valence-electron chi connectivity index (χ0n) is 13.5. The normalized spacial score (nSPS) is 34.0. The molecule has 2 aliphatic carbocycles. The summed E-state index contributed by atoms with van der Waals surface area (Å²) in [6.07, 6.45) is 13.4. The molecule has 0 aromatic rings. The molecule has 2 saturated carbocycles. The molecule has 4 nitrogen and oxygen atoms in total. The lowest BCUT2D eigenvalue weighted by molar-refractivity contribution is 0.231. The third-order valence-electron chi connectivity index (χ3n) is 5.92. The molecule has 2 aliphatic heterocycles. The molecule has 22 heavy (non-hydrogen) atoms. The summed E-state index contributed by atoms with van der Waals surface area (Å²) in [7, 11) is 0.